The molecule has 5 nitrogen and oxygen atoms in total. The first kappa shape index (κ1) is 22.0. The van der Waals surface area contributed by atoms with Gasteiger partial charge < -0.3 is 15.4 Å². The molecule has 0 aliphatic heterocycles. The quantitative estimate of drug-likeness (QED) is 0.272. The lowest BCUT2D eigenvalue weighted by atomic mass is 9.96. The van der Waals surface area contributed by atoms with Crippen LogP contribution in [-0.4, -0.2) is 38.7 Å². The number of rotatable bonds is 7. The summed E-state index contributed by atoms with van der Waals surface area (Å²) in [5.41, 5.74) is 1.35. The standard InChI is InChI=1S/C18H26ClN3O2.HI/c1-4-20-17(21-11-13(2)16(23)24-3)22-12-18(8-9-18)14-6-5-7-15(19)10-14;/h5-7,10,13H,4,8-9,11-12H2,1-3H3,(H2,20,21,22);1H. The second-order valence-electron chi connectivity index (χ2n) is 6.29. The van der Waals surface area contributed by atoms with Gasteiger partial charge in [0.2, 0.25) is 0 Å². The van der Waals surface area contributed by atoms with E-state index in [2.05, 4.69) is 16.7 Å². The number of carbonyl (C=O) groups is 1. The molecule has 0 bridgehead atoms. The maximum absolute atomic E-state index is 11.5. The number of esters is 1. The minimum atomic E-state index is -0.226. The number of carbonyl (C=O) groups excluding carboxylic acids is 1. The Balaban J connectivity index is 0.00000312. The smallest absolute Gasteiger partial charge is 0.310 e. The summed E-state index contributed by atoms with van der Waals surface area (Å²) >= 11 is 6.11. The van der Waals surface area contributed by atoms with Gasteiger partial charge >= 0.3 is 5.97 Å². The van der Waals surface area contributed by atoms with E-state index >= 15 is 0 Å². The maximum atomic E-state index is 11.5. The molecule has 140 valence electrons. The predicted molar refractivity (Wildman–Crippen MR) is 113 cm³/mol. The monoisotopic (exact) mass is 479 g/mol. The number of benzene rings is 1. The lowest BCUT2D eigenvalue weighted by Gasteiger charge is -2.17. The van der Waals surface area contributed by atoms with Gasteiger partial charge in [0.15, 0.2) is 5.96 Å². The van der Waals surface area contributed by atoms with Crippen LogP contribution in [0.2, 0.25) is 5.02 Å². The third kappa shape index (κ3) is 6.33. The molecule has 0 radical (unpaired) electrons. The zero-order valence-electron chi connectivity index (χ0n) is 15.0. The fourth-order valence-electron chi connectivity index (χ4n) is 2.61. The highest BCUT2D eigenvalue weighted by atomic mass is 127. The summed E-state index contributed by atoms with van der Waals surface area (Å²) in [4.78, 5) is 16.2. The average Bonchev–Trinajstić information content (AvgIpc) is 3.37. The molecule has 1 fully saturated rings. The molecule has 1 aliphatic rings. The van der Waals surface area contributed by atoms with Gasteiger partial charge in [0, 0.05) is 23.5 Å². The zero-order valence-corrected chi connectivity index (χ0v) is 18.1. The fourth-order valence-corrected chi connectivity index (χ4v) is 2.80. The van der Waals surface area contributed by atoms with E-state index < -0.39 is 0 Å². The minimum Gasteiger partial charge on any atom is -0.469 e. The Morgan fingerprint density at radius 1 is 1.40 bits per heavy atom. The van der Waals surface area contributed by atoms with Crippen LogP contribution in [0.4, 0.5) is 0 Å². The molecule has 0 saturated heterocycles. The molecular weight excluding hydrogens is 453 g/mol. The van der Waals surface area contributed by atoms with Crippen LogP contribution in [0.3, 0.4) is 0 Å². The summed E-state index contributed by atoms with van der Waals surface area (Å²) < 4.78 is 4.75. The van der Waals surface area contributed by atoms with Crippen LogP contribution >= 0.6 is 35.6 Å². The topological polar surface area (TPSA) is 62.7 Å². The number of nitrogens with zero attached hydrogens (tertiary/aromatic N) is 1. The number of ether oxygens (including phenoxy) is 1. The molecule has 1 unspecified atom stereocenters. The van der Waals surface area contributed by atoms with Crippen molar-refractivity contribution in [1.29, 1.82) is 0 Å². The lowest BCUT2D eigenvalue weighted by Crippen LogP contribution is -2.41. The number of aliphatic imine (C=N–C) groups is 1. The van der Waals surface area contributed by atoms with E-state index in [-0.39, 0.29) is 41.3 Å². The Hall–Kier alpha value is -1.02. The van der Waals surface area contributed by atoms with Crippen molar-refractivity contribution in [2.24, 2.45) is 10.9 Å². The number of hydrogen-bond acceptors (Lipinski definition) is 3. The Labute approximate surface area is 172 Å². The third-order valence-electron chi connectivity index (χ3n) is 4.35. The number of guanidine groups is 1. The van der Waals surface area contributed by atoms with Crippen LogP contribution in [0.15, 0.2) is 29.3 Å². The highest BCUT2D eigenvalue weighted by molar-refractivity contribution is 14.0. The van der Waals surface area contributed by atoms with Gasteiger partial charge in [-0.1, -0.05) is 30.7 Å². The molecule has 7 heteroatoms. The number of halogens is 2. The molecule has 1 saturated carbocycles. The van der Waals surface area contributed by atoms with Crippen molar-refractivity contribution in [3.63, 3.8) is 0 Å². The molecule has 0 spiro atoms. The van der Waals surface area contributed by atoms with Gasteiger partial charge in [-0.05, 0) is 37.5 Å². The van der Waals surface area contributed by atoms with Crippen molar-refractivity contribution >= 4 is 47.5 Å². The van der Waals surface area contributed by atoms with Crippen molar-refractivity contribution in [1.82, 2.24) is 10.6 Å². The van der Waals surface area contributed by atoms with Crippen LogP contribution < -0.4 is 10.6 Å². The summed E-state index contributed by atoms with van der Waals surface area (Å²) in [6.07, 6.45) is 2.24. The van der Waals surface area contributed by atoms with Gasteiger partial charge in [-0.3, -0.25) is 9.79 Å². The Morgan fingerprint density at radius 2 is 2.12 bits per heavy atom. The van der Waals surface area contributed by atoms with Crippen molar-refractivity contribution in [2.75, 3.05) is 26.7 Å². The van der Waals surface area contributed by atoms with Crippen LogP contribution in [0.1, 0.15) is 32.3 Å². The molecule has 25 heavy (non-hydrogen) atoms. The van der Waals surface area contributed by atoms with Gasteiger partial charge in [-0.15, -0.1) is 24.0 Å². The van der Waals surface area contributed by atoms with Crippen molar-refractivity contribution in [3.8, 4) is 0 Å². The van der Waals surface area contributed by atoms with E-state index in [4.69, 9.17) is 21.3 Å². The van der Waals surface area contributed by atoms with E-state index in [1.165, 1.54) is 12.7 Å². The predicted octanol–water partition coefficient (Wildman–Crippen LogP) is 3.35. The van der Waals surface area contributed by atoms with Gasteiger partial charge in [0.1, 0.15) is 0 Å². The highest BCUT2D eigenvalue weighted by Gasteiger charge is 2.44. The van der Waals surface area contributed by atoms with Crippen LogP contribution in [-0.2, 0) is 14.9 Å². The molecule has 0 heterocycles. The summed E-state index contributed by atoms with van der Waals surface area (Å²) in [5, 5.41) is 7.19. The molecule has 1 aromatic rings. The van der Waals surface area contributed by atoms with E-state index in [0.29, 0.717) is 13.1 Å². The maximum Gasteiger partial charge on any atom is 0.310 e. The lowest BCUT2D eigenvalue weighted by molar-refractivity contribution is -0.144. The van der Waals surface area contributed by atoms with Gasteiger partial charge in [-0.25, -0.2) is 0 Å². The normalized spacial score (nSPS) is 16.4. The largest absolute Gasteiger partial charge is 0.469 e. The van der Waals surface area contributed by atoms with Crippen molar-refractivity contribution in [3.05, 3.63) is 34.9 Å². The van der Waals surface area contributed by atoms with Gasteiger partial charge in [-0.2, -0.15) is 0 Å². The highest BCUT2D eigenvalue weighted by Crippen LogP contribution is 2.48. The second kappa shape index (κ2) is 10.2. The van der Waals surface area contributed by atoms with E-state index in [9.17, 15) is 4.79 Å². The molecule has 2 N–H and O–H groups in total. The second-order valence-corrected chi connectivity index (χ2v) is 6.73. The first-order valence-electron chi connectivity index (χ1n) is 8.37. The Kier molecular flexibility index (Phi) is 8.99. The first-order valence-corrected chi connectivity index (χ1v) is 8.74. The molecule has 1 aliphatic carbocycles. The van der Waals surface area contributed by atoms with Gasteiger partial charge in [0.25, 0.3) is 0 Å². The molecule has 1 aromatic carbocycles. The summed E-state index contributed by atoms with van der Waals surface area (Å²) in [7, 11) is 1.40. The van der Waals surface area contributed by atoms with Gasteiger partial charge in [0.05, 0.1) is 19.6 Å². The van der Waals surface area contributed by atoms with Crippen LogP contribution in [0.25, 0.3) is 0 Å². The molecule has 0 aromatic heterocycles. The SMILES string of the molecule is CCNC(=NCC1(c2cccc(Cl)c2)CC1)NCC(C)C(=O)OC.I. The first-order chi connectivity index (χ1) is 11.5. The number of methoxy groups -OCH3 is 1. The van der Waals surface area contributed by atoms with Crippen LogP contribution in [0.5, 0.6) is 0 Å². The van der Waals surface area contributed by atoms with Crippen molar-refractivity contribution < 1.29 is 9.53 Å². The average molecular weight is 480 g/mol. The third-order valence-corrected chi connectivity index (χ3v) is 4.59. The van der Waals surface area contributed by atoms with Crippen molar-refractivity contribution in [2.45, 2.75) is 32.1 Å². The fraction of sp³-hybridized carbons (Fsp3) is 0.556. The molecule has 0 amide bonds. The Bertz CT molecular complexity index is 606. The summed E-state index contributed by atoms with van der Waals surface area (Å²) in [6.45, 7) is 5.81. The summed E-state index contributed by atoms with van der Waals surface area (Å²) in [6, 6.07) is 8.03. The molecule has 1 atom stereocenters. The minimum absolute atomic E-state index is 0. The molecule has 2 rings (SSSR count). The number of hydrogen-bond donors (Lipinski definition) is 2. The Morgan fingerprint density at radius 3 is 2.68 bits per heavy atom. The number of nitrogens with one attached hydrogen (secondary N) is 2. The van der Waals surface area contributed by atoms with E-state index in [0.717, 1.165) is 30.4 Å². The van der Waals surface area contributed by atoms with E-state index in [1.807, 2.05) is 32.0 Å². The molecular formula is C18H27ClIN3O2. The van der Waals surface area contributed by atoms with E-state index in [1.54, 1.807) is 0 Å². The summed E-state index contributed by atoms with van der Waals surface area (Å²) in [5.74, 6) is 0.277. The van der Waals surface area contributed by atoms with Crippen LogP contribution in [0, 0.1) is 5.92 Å². The zero-order chi connectivity index (χ0) is 17.6.